The molecule has 1 aliphatic heterocycles. The molecular formula is C22H25ClN2O3. The topological polar surface area (TPSA) is 49.9 Å². The quantitative estimate of drug-likeness (QED) is 0.702. The van der Waals surface area contributed by atoms with Crippen LogP contribution < -0.4 is 4.90 Å². The first kappa shape index (κ1) is 20.2. The number of anilines is 1. The third-order valence-electron chi connectivity index (χ3n) is 4.46. The molecule has 28 heavy (non-hydrogen) atoms. The average molecular weight is 401 g/mol. The molecule has 2 amide bonds. The Morgan fingerprint density at radius 3 is 2.39 bits per heavy atom. The SMILES string of the molecule is CC(C)(C)OC(=O)N1c2ccccc2C(=O)N(Cc2ccccc2)C[C@@H]1CCl. The average Bonchev–Trinajstić information content (AvgIpc) is 2.76. The van der Waals surface area contributed by atoms with Crippen molar-refractivity contribution >= 4 is 29.3 Å². The summed E-state index contributed by atoms with van der Waals surface area (Å²) in [6, 6.07) is 16.5. The molecular weight excluding hydrogens is 376 g/mol. The number of hydrogen-bond donors (Lipinski definition) is 0. The van der Waals surface area contributed by atoms with E-state index in [4.69, 9.17) is 16.3 Å². The van der Waals surface area contributed by atoms with E-state index in [1.54, 1.807) is 23.1 Å². The fraction of sp³-hybridized carbons (Fsp3) is 0.364. The first-order valence-corrected chi connectivity index (χ1v) is 9.84. The summed E-state index contributed by atoms with van der Waals surface area (Å²) in [5.74, 6) is 0.0622. The number of halogens is 1. The van der Waals surface area contributed by atoms with Crippen molar-refractivity contribution < 1.29 is 14.3 Å². The van der Waals surface area contributed by atoms with Gasteiger partial charge in [0.15, 0.2) is 0 Å². The predicted octanol–water partition coefficient (Wildman–Crippen LogP) is 4.69. The van der Waals surface area contributed by atoms with E-state index in [2.05, 4.69) is 0 Å². The lowest BCUT2D eigenvalue weighted by molar-refractivity contribution is 0.0556. The Bertz CT molecular complexity index is 848. The van der Waals surface area contributed by atoms with Crippen molar-refractivity contribution in [3.8, 4) is 0 Å². The molecule has 3 rings (SSSR count). The molecule has 1 heterocycles. The van der Waals surface area contributed by atoms with E-state index < -0.39 is 17.7 Å². The fourth-order valence-corrected chi connectivity index (χ4v) is 3.50. The number of carbonyl (C=O) groups is 2. The van der Waals surface area contributed by atoms with Gasteiger partial charge >= 0.3 is 6.09 Å². The van der Waals surface area contributed by atoms with Crippen molar-refractivity contribution in [2.45, 2.75) is 39.0 Å². The lowest BCUT2D eigenvalue weighted by Gasteiger charge is -2.32. The number of carbonyl (C=O) groups excluding carboxylic acids is 2. The first-order valence-electron chi connectivity index (χ1n) is 9.30. The monoisotopic (exact) mass is 400 g/mol. The third-order valence-corrected chi connectivity index (χ3v) is 4.82. The number of ether oxygens (including phenoxy) is 1. The number of alkyl halides is 1. The van der Waals surface area contributed by atoms with E-state index >= 15 is 0 Å². The zero-order valence-electron chi connectivity index (χ0n) is 16.4. The van der Waals surface area contributed by atoms with Gasteiger partial charge in [-0.1, -0.05) is 42.5 Å². The summed E-state index contributed by atoms with van der Waals surface area (Å²) in [4.78, 5) is 29.5. The summed E-state index contributed by atoms with van der Waals surface area (Å²) in [5.41, 5.74) is 1.37. The van der Waals surface area contributed by atoms with Crippen LogP contribution in [0.5, 0.6) is 0 Å². The summed E-state index contributed by atoms with van der Waals surface area (Å²) in [7, 11) is 0. The Labute approximate surface area is 170 Å². The highest BCUT2D eigenvalue weighted by atomic mass is 35.5. The molecule has 0 fully saturated rings. The van der Waals surface area contributed by atoms with Gasteiger partial charge in [0.1, 0.15) is 5.60 Å². The van der Waals surface area contributed by atoms with E-state index in [0.29, 0.717) is 24.3 Å². The molecule has 0 spiro atoms. The van der Waals surface area contributed by atoms with Gasteiger partial charge in [0.05, 0.1) is 17.3 Å². The Kier molecular flexibility index (Phi) is 5.94. The van der Waals surface area contributed by atoms with Gasteiger partial charge in [0, 0.05) is 19.0 Å². The van der Waals surface area contributed by atoms with Gasteiger partial charge in [-0.25, -0.2) is 4.79 Å². The van der Waals surface area contributed by atoms with Crippen molar-refractivity contribution in [3.05, 3.63) is 65.7 Å². The third kappa shape index (κ3) is 4.47. The second-order valence-electron chi connectivity index (χ2n) is 7.85. The molecule has 0 aromatic heterocycles. The molecule has 0 saturated carbocycles. The van der Waals surface area contributed by atoms with Crippen LogP contribution in [0.3, 0.4) is 0 Å². The van der Waals surface area contributed by atoms with Gasteiger partial charge in [0.2, 0.25) is 0 Å². The second kappa shape index (κ2) is 8.23. The summed E-state index contributed by atoms with van der Waals surface area (Å²) in [5, 5.41) is 0. The standard InChI is InChI=1S/C22H25ClN2O3/c1-22(2,3)28-21(27)25-17(13-23)15-24(14-16-9-5-4-6-10-16)20(26)18-11-7-8-12-19(18)25/h4-12,17H,13-15H2,1-3H3/t17-/m0/s1. The van der Waals surface area contributed by atoms with E-state index in [9.17, 15) is 9.59 Å². The highest BCUT2D eigenvalue weighted by molar-refractivity contribution is 6.19. The molecule has 0 aliphatic carbocycles. The summed E-state index contributed by atoms with van der Waals surface area (Å²) < 4.78 is 5.61. The van der Waals surface area contributed by atoms with Gasteiger partial charge in [-0.15, -0.1) is 11.6 Å². The van der Waals surface area contributed by atoms with Crippen LogP contribution in [-0.2, 0) is 11.3 Å². The largest absolute Gasteiger partial charge is 0.443 e. The molecule has 1 aliphatic rings. The Morgan fingerprint density at radius 1 is 1.11 bits per heavy atom. The van der Waals surface area contributed by atoms with E-state index in [-0.39, 0.29) is 11.8 Å². The van der Waals surface area contributed by atoms with Crippen molar-refractivity contribution in [3.63, 3.8) is 0 Å². The summed E-state index contributed by atoms with van der Waals surface area (Å²) in [6.07, 6.45) is -0.500. The number of benzene rings is 2. The predicted molar refractivity (Wildman–Crippen MR) is 111 cm³/mol. The maximum Gasteiger partial charge on any atom is 0.415 e. The van der Waals surface area contributed by atoms with Crippen LogP contribution in [0.15, 0.2) is 54.6 Å². The molecule has 0 saturated heterocycles. The van der Waals surface area contributed by atoms with E-state index in [0.717, 1.165) is 5.56 Å². The van der Waals surface area contributed by atoms with Gasteiger partial charge in [-0.3, -0.25) is 9.69 Å². The summed E-state index contributed by atoms with van der Waals surface area (Å²) in [6.45, 7) is 6.22. The maximum atomic E-state index is 13.3. The number of hydrogen-bond acceptors (Lipinski definition) is 3. The number of para-hydroxylation sites is 1. The van der Waals surface area contributed by atoms with Crippen LogP contribution in [0, 0.1) is 0 Å². The van der Waals surface area contributed by atoms with Gasteiger partial charge in [-0.05, 0) is 38.5 Å². The zero-order valence-corrected chi connectivity index (χ0v) is 17.1. The minimum Gasteiger partial charge on any atom is -0.443 e. The van der Waals surface area contributed by atoms with Crippen LogP contribution in [-0.4, -0.2) is 41.0 Å². The van der Waals surface area contributed by atoms with Crippen LogP contribution in [0.2, 0.25) is 0 Å². The molecule has 5 nitrogen and oxygen atoms in total. The van der Waals surface area contributed by atoms with E-state index in [1.807, 2.05) is 57.2 Å². The highest BCUT2D eigenvalue weighted by Crippen LogP contribution is 2.30. The molecule has 0 N–H and O–H groups in total. The number of rotatable bonds is 3. The van der Waals surface area contributed by atoms with Gasteiger partial charge in [-0.2, -0.15) is 0 Å². The number of fused-ring (bicyclic) bond motifs is 1. The minimum absolute atomic E-state index is 0.124. The maximum absolute atomic E-state index is 13.3. The Hall–Kier alpha value is -2.53. The van der Waals surface area contributed by atoms with Gasteiger partial charge in [0.25, 0.3) is 5.91 Å². The Morgan fingerprint density at radius 2 is 1.75 bits per heavy atom. The molecule has 0 unspecified atom stereocenters. The Balaban J connectivity index is 2.01. The fourth-order valence-electron chi connectivity index (χ4n) is 3.27. The first-order chi connectivity index (χ1) is 13.3. The molecule has 0 bridgehead atoms. The van der Waals surface area contributed by atoms with E-state index in [1.165, 1.54) is 4.90 Å². The van der Waals surface area contributed by atoms with Crippen LogP contribution >= 0.6 is 11.6 Å². The van der Waals surface area contributed by atoms with Crippen molar-refractivity contribution in [1.82, 2.24) is 4.90 Å². The zero-order chi connectivity index (χ0) is 20.3. The summed E-state index contributed by atoms with van der Waals surface area (Å²) >= 11 is 6.26. The lowest BCUT2D eigenvalue weighted by Crippen LogP contribution is -2.48. The molecule has 1 atom stereocenters. The van der Waals surface area contributed by atoms with Crippen molar-refractivity contribution in [2.75, 3.05) is 17.3 Å². The van der Waals surface area contributed by atoms with Gasteiger partial charge < -0.3 is 9.64 Å². The molecule has 6 heteroatoms. The van der Waals surface area contributed by atoms with Crippen molar-refractivity contribution in [2.24, 2.45) is 0 Å². The molecule has 2 aromatic rings. The molecule has 0 radical (unpaired) electrons. The molecule has 148 valence electrons. The molecule has 2 aromatic carbocycles. The number of nitrogens with zero attached hydrogens (tertiary/aromatic N) is 2. The lowest BCUT2D eigenvalue weighted by atomic mass is 10.1. The normalized spacial score (nSPS) is 17.1. The van der Waals surface area contributed by atoms with Crippen molar-refractivity contribution in [1.29, 1.82) is 0 Å². The smallest absolute Gasteiger partial charge is 0.415 e. The van der Waals surface area contributed by atoms with Crippen LogP contribution in [0.25, 0.3) is 0 Å². The van der Waals surface area contributed by atoms with Crippen LogP contribution in [0.4, 0.5) is 10.5 Å². The highest BCUT2D eigenvalue weighted by Gasteiger charge is 2.37. The minimum atomic E-state index is -0.650. The van der Waals surface area contributed by atoms with Crippen LogP contribution in [0.1, 0.15) is 36.7 Å². The number of amides is 2. The second-order valence-corrected chi connectivity index (χ2v) is 8.16.